The molecule has 46 heavy (non-hydrogen) atoms. The smallest absolute Gasteiger partial charge is 0.354 e. The predicted octanol–water partition coefficient (Wildman–Crippen LogP) is 5.03. The van der Waals surface area contributed by atoms with Gasteiger partial charge in [0.2, 0.25) is 0 Å². The molecule has 12 nitrogen and oxygen atoms in total. The van der Waals surface area contributed by atoms with Crippen LogP contribution in [0.3, 0.4) is 0 Å². The van der Waals surface area contributed by atoms with Crippen LogP contribution >= 0.6 is 23.1 Å². The maximum absolute atomic E-state index is 13.2. The fourth-order valence-electron chi connectivity index (χ4n) is 5.15. The second-order valence-corrected chi connectivity index (χ2v) is 13.4. The lowest BCUT2D eigenvalue weighted by Crippen LogP contribution is -2.70. The fraction of sp³-hybridized carbons (Fsp3) is 0.719. The van der Waals surface area contributed by atoms with Crippen LogP contribution < -0.4 is 11.1 Å². The third-order valence-electron chi connectivity index (χ3n) is 7.70. The topological polar surface area (TPSA) is 155 Å². The van der Waals surface area contributed by atoms with Crippen molar-refractivity contribution < 1.29 is 33.4 Å². The lowest BCUT2D eigenvalue weighted by atomic mass is 10.0. The minimum Gasteiger partial charge on any atom is -0.458 e. The number of carbonyl (C=O) groups excluding carboxylic acids is 3. The number of anilines is 1. The van der Waals surface area contributed by atoms with E-state index in [1.807, 2.05) is 0 Å². The molecule has 0 bridgehead atoms. The normalized spacial score (nSPS) is 18.4. The van der Waals surface area contributed by atoms with Crippen molar-refractivity contribution in [2.75, 3.05) is 45.0 Å². The van der Waals surface area contributed by atoms with Gasteiger partial charge in [-0.15, -0.1) is 23.1 Å². The summed E-state index contributed by atoms with van der Waals surface area (Å²) in [6.45, 7) is 5.98. The van der Waals surface area contributed by atoms with Crippen molar-refractivity contribution >= 4 is 51.7 Å². The number of nitrogen functional groups attached to an aromatic ring is 1. The van der Waals surface area contributed by atoms with Crippen molar-refractivity contribution in [2.45, 2.75) is 108 Å². The number of carbonyl (C=O) groups is 3. The van der Waals surface area contributed by atoms with E-state index < -0.39 is 35.3 Å². The van der Waals surface area contributed by atoms with Crippen LogP contribution in [0.2, 0.25) is 0 Å². The maximum Gasteiger partial charge on any atom is 0.354 e. The number of nitrogens with one attached hydrogen (secondary N) is 1. The zero-order valence-corrected chi connectivity index (χ0v) is 29.1. The van der Waals surface area contributed by atoms with E-state index in [2.05, 4.69) is 29.3 Å². The predicted molar refractivity (Wildman–Crippen MR) is 181 cm³/mol. The molecule has 3 atom stereocenters. The number of nitrogens with zero attached hydrogens (tertiary/aromatic N) is 3. The Bertz CT molecular complexity index is 1160. The summed E-state index contributed by atoms with van der Waals surface area (Å²) in [5.41, 5.74) is 6.02. The third kappa shape index (κ3) is 11.8. The first-order chi connectivity index (χ1) is 22.4. The molecule has 0 radical (unpaired) electrons. The third-order valence-corrected chi connectivity index (χ3v) is 9.56. The van der Waals surface area contributed by atoms with Gasteiger partial charge >= 0.3 is 5.97 Å². The molecular weight excluding hydrogens is 631 g/mol. The van der Waals surface area contributed by atoms with Gasteiger partial charge in [-0.25, -0.2) is 9.78 Å². The second kappa shape index (κ2) is 21.2. The van der Waals surface area contributed by atoms with Crippen LogP contribution in [-0.4, -0.2) is 90.2 Å². The summed E-state index contributed by atoms with van der Waals surface area (Å²) < 4.78 is 17.7. The Morgan fingerprint density at radius 3 is 2.37 bits per heavy atom. The molecule has 3 heterocycles. The first-order valence-electron chi connectivity index (χ1n) is 16.6. The zero-order chi connectivity index (χ0) is 33.1. The van der Waals surface area contributed by atoms with Crippen molar-refractivity contribution in [3.63, 3.8) is 0 Å². The molecule has 1 saturated heterocycles. The van der Waals surface area contributed by atoms with Crippen LogP contribution in [0, 0.1) is 0 Å². The minimum atomic E-state index is -0.851. The Hall–Kier alpha value is -2.68. The molecule has 0 spiro atoms. The van der Waals surface area contributed by atoms with Gasteiger partial charge in [0.15, 0.2) is 10.8 Å². The SMILES string of the molecule is CCCCCCCCOCC(COC(=O)C1=CCS[C@H]2C(NC(=O)C(=NOC)c3csc(N)n3)C(=O)N12)OCCCCCCCC. The van der Waals surface area contributed by atoms with E-state index in [0.717, 1.165) is 37.0 Å². The molecule has 258 valence electrons. The average molecular weight is 682 g/mol. The molecule has 0 aromatic carbocycles. The van der Waals surface area contributed by atoms with E-state index in [1.54, 1.807) is 11.5 Å². The van der Waals surface area contributed by atoms with E-state index in [-0.39, 0.29) is 28.8 Å². The molecule has 2 unspecified atom stereocenters. The summed E-state index contributed by atoms with van der Waals surface area (Å²) in [6.07, 6.45) is 15.3. The molecule has 2 amide bonds. The fourth-order valence-corrected chi connectivity index (χ4v) is 6.89. The van der Waals surface area contributed by atoms with Crippen LogP contribution in [0.4, 0.5) is 5.13 Å². The minimum absolute atomic E-state index is 0.0239. The van der Waals surface area contributed by atoms with E-state index in [9.17, 15) is 14.4 Å². The van der Waals surface area contributed by atoms with Gasteiger partial charge in [-0.3, -0.25) is 14.5 Å². The maximum atomic E-state index is 13.2. The van der Waals surface area contributed by atoms with Gasteiger partial charge in [0.05, 0.1) is 6.61 Å². The molecule has 2 aliphatic rings. The van der Waals surface area contributed by atoms with Crippen molar-refractivity contribution in [3.05, 3.63) is 22.8 Å². The lowest BCUT2D eigenvalue weighted by molar-refractivity contribution is -0.155. The van der Waals surface area contributed by atoms with Crippen molar-refractivity contribution in [3.8, 4) is 0 Å². The number of rotatable bonds is 24. The van der Waals surface area contributed by atoms with Gasteiger partial charge in [0.25, 0.3) is 11.8 Å². The highest BCUT2D eigenvalue weighted by Crippen LogP contribution is 2.38. The molecule has 2 aliphatic heterocycles. The molecule has 3 N–H and O–H groups in total. The van der Waals surface area contributed by atoms with Crippen molar-refractivity contribution in [1.82, 2.24) is 15.2 Å². The van der Waals surface area contributed by atoms with Crippen LogP contribution in [0.1, 0.15) is 96.6 Å². The Morgan fingerprint density at radius 2 is 1.72 bits per heavy atom. The Kier molecular flexibility index (Phi) is 17.4. The van der Waals surface area contributed by atoms with E-state index in [4.69, 9.17) is 24.8 Å². The van der Waals surface area contributed by atoms with Crippen LogP contribution in [0.25, 0.3) is 0 Å². The number of fused-ring (bicyclic) bond motifs is 1. The van der Waals surface area contributed by atoms with E-state index >= 15 is 0 Å². The second-order valence-electron chi connectivity index (χ2n) is 11.4. The Balaban J connectivity index is 1.50. The van der Waals surface area contributed by atoms with E-state index in [0.29, 0.717) is 25.6 Å². The Labute approximate surface area is 281 Å². The molecule has 0 aliphatic carbocycles. The summed E-state index contributed by atoms with van der Waals surface area (Å²) in [6, 6.07) is -0.851. The van der Waals surface area contributed by atoms with Gasteiger partial charge in [-0.1, -0.05) is 83.2 Å². The number of thioether (sulfide) groups is 1. The molecule has 0 saturated carbocycles. The molecular formula is C32H51N5O7S2. The van der Waals surface area contributed by atoms with Crippen LogP contribution in [0.5, 0.6) is 0 Å². The van der Waals surface area contributed by atoms with Crippen LogP contribution in [-0.2, 0) is 33.4 Å². The van der Waals surface area contributed by atoms with Gasteiger partial charge in [0.1, 0.15) is 42.6 Å². The van der Waals surface area contributed by atoms with Gasteiger partial charge in [-0.2, -0.15) is 0 Å². The number of β-lactam (4-membered cyclic amide) rings is 1. The van der Waals surface area contributed by atoms with Crippen molar-refractivity contribution in [1.29, 1.82) is 0 Å². The van der Waals surface area contributed by atoms with Gasteiger partial charge < -0.3 is 30.1 Å². The monoisotopic (exact) mass is 681 g/mol. The standard InChI is InChI=1S/C32H51N5O7S2/c1-4-6-8-10-12-14-17-42-20-23(43-18-15-13-11-9-7-5-2)21-44-31(40)25-16-19-45-30-27(29(39)37(25)30)35-28(38)26(36-41-3)24-22-46-32(33)34-24/h16,22-23,27,30H,4-15,17-21H2,1-3H3,(H2,33,34)(H,35,38)/t23?,27?,30-/m0/s1. The van der Waals surface area contributed by atoms with Gasteiger partial charge in [0, 0.05) is 24.3 Å². The average Bonchev–Trinajstić information content (AvgIpc) is 3.49. The number of aromatic nitrogens is 1. The number of thiazole rings is 1. The van der Waals surface area contributed by atoms with E-state index in [1.165, 1.54) is 75.1 Å². The van der Waals surface area contributed by atoms with Crippen LogP contribution in [0.15, 0.2) is 22.3 Å². The van der Waals surface area contributed by atoms with Gasteiger partial charge in [-0.05, 0) is 18.9 Å². The number of esters is 1. The summed E-state index contributed by atoms with van der Waals surface area (Å²) in [4.78, 5) is 49.6. The number of nitrogens with two attached hydrogens (primary N) is 1. The first-order valence-corrected chi connectivity index (χ1v) is 18.5. The number of hydrogen-bond acceptors (Lipinski definition) is 12. The number of ether oxygens (including phenoxy) is 3. The quantitative estimate of drug-likeness (QED) is 0.0499. The molecule has 14 heteroatoms. The first kappa shape index (κ1) is 37.8. The zero-order valence-electron chi connectivity index (χ0n) is 27.5. The molecule has 1 fully saturated rings. The molecule has 1 aromatic rings. The highest BCUT2D eigenvalue weighted by atomic mass is 32.2. The Morgan fingerprint density at radius 1 is 1.04 bits per heavy atom. The summed E-state index contributed by atoms with van der Waals surface area (Å²) in [5, 5.41) is 7.87. The molecule has 3 rings (SSSR count). The highest BCUT2D eigenvalue weighted by molar-refractivity contribution is 8.00. The largest absolute Gasteiger partial charge is 0.458 e. The number of amides is 2. The molecule has 1 aromatic heterocycles. The lowest BCUT2D eigenvalue weighted by Gasteiger charge is -2.48. The summed E-state index contributed by atoms with van der Waals surface area (Å²) >= 11 is 2.59. The summed E-state index contributed by atoms with van der Waals surface area (Å²) in [5.74, 6) is -1.17. The van der Waals surface area contributed by atoms with Crippen molar-refractivity contribution in [2.24, 2.45) is 5.16 Å². The number of unbranched alkanes of at least 4 members (excludes halogenated alkanes) is 10. The summed E-state index contributed by atoms with van der Waals surface area (Å²) in [7, 11) is 1.31. The number of oxime groups is 1. The number of hydrogen-bond donors (Lipinski definition) is 2. The highest BCUT2D eigenvalue weighted by Gasteiger charge is 2.53.